The fourth-order valence-electron chi connectivity index (χ4n) is 5.92. The van der Waals surface area contributed by atoms with Crippen LogP contribution in [-0.2, 0) is 32.2 Å². The van der Waals surface area contributed by atoms with Gasteiger partial charge in [-0.3, -0.25) is 14.5 Å². The summed E-state index contributed by atoms with van der Waals surface area (Å²) in [7, 11) is 0. The van der Waals surface area contributed by atoms with Gasteiger partial charge < -0.3 is 30.1 Å². The SMILES string of the molecule is O=C(O)CCCCC(=O)NCc1ccccc1-c1ccc([C@@H]2O[C@H](CN3CC[C@H](O)C3)C[C@H](c3ccc(CO)cc3)O2)cc1. The number of ether oxygens (including phenoxy) is 2. The van der Waals surface area contributed by atoms with Gasteiger partial charge in [-0.1, -0.05) is 72.8 Å². The first-order valence-electron chi connectivity index (χ1n) is 15.5. The number of aliphatic hydroxyl groups is 2. The topological polar surface area (TPSA) is 129 Å². The lowest BCUT2D eigenvalue weighted by molar-refractivity contribution is -0.252. The standard InChI is InChI=1S/C35H42N2O7/c38-23-24-9-11-26(12-10-24)32-19-30(22-37-18-17-29(39)21-37)43-35(44-32)27-15-13-25(14-16-27)31-6-2-1-5-28(31)20-36-33(40)7-3-4-8-34(41)42/h1-2,5-6,9-16,29-30,32,35,38-39H,3-4,7-8,17-23H2,(H,36,40)(H,41,42)/t29-,30-,32+,35+/m0/s1. The number of β-amino-alcohol motifs (C(OH)–C–C–N with tert-alkyl or cyclic N) is 1. The van der Waals surface area contributed by atoms with E-state index in [2.05, 4.69) is 10.2 Å². The van der Waals surface area contributed by atoms with Crippen molar-refractivity contribution in [3.8, 4) is 11.1 Å². The Kier molecular flexibility index (Phi) is 11.1. The minimum absolute atomic E-state index is 0.00605. The van der Waals surface area contributed by atoms with E-state index in [1.54, 1.807) is 0 Å². The zero-order valence-electron chi connectivity index (χ0n) is 24.9. The van der Waals surface area contributed by atoms with Gasteiger partial charge in [0.25, 0.3) is 0 Å². The van der Waals surface area contributed by atoms with Gasteiger partial charge in [-0.15, -0.1) is 0 Å². The lowest BCUT2D eigenvalue weighted by Gasteiger charge is -2.38. The summed E-state index contributed by atoms with van der Waals surface area (Å²) in [6, 6.07) is 23.9. The van der Waals surface area contributed by atoms with Crippen LogP contribution < -0.4 is 5.32 Å². The quantitative estimate of drug-likeness (QED) is 0.207. The summed E-state index contributed by atoms with van der Waals surface area (Å²) in [5.74, 6) is -0.936. The molecule has 0 radical (unpaired) electrons. The maximum Gasteiger partial charge on any atom is 0.303 e. The normalized spacial score (nSPS) is 22.1. The third kappa shape index (κ3) is 8.74. The summed E-state index contributed by atoms with van der Waals surface area (Å²) >= 11 is 0. The summed E-state index contributed by atoms with van der Waals surface area (Å²) in [4.78, 5) is 25.3. The zero-order chi connectivity index (χ0) is 30.9. The average Bonchev–Trinajstić information content (AvgIpc) is 3.46. The minimum Gasteiger partial charge on any atom is -0.481 e. The summed E-state index contributed by atoms with van der Waals surface area (Å²) in [6.45, 7) is 2.60. The van der Waals surface area contributed by atoms with E-state index in [1.807, 2.05) is 72.8 Å². The number of unbranched alkanes of at least 4 members (excludes halogenated alkanes) is 1. The number of aliphatic hydroxyl groups excluding tert-OH is 2. The lowest BCUT2D eigenvalue weighted by Crippen LogP contribution is -2.38. The number of hydrogen-bond donors (Lipinski definition) is 4. The molecule has 0 saturated carbocycles. The van der Waals surface area contributed by atoms with Crippen LogP contribution in [0.1, 0.15) is 73.2 Å². The Morgan fingerprint density at radius 2 is 1.64 bits per heavy atom. The van der Waals surface area contributed by atoms with Crippen molar-refractivity contribution in [2.45, 2.75) is 76.3 Å². The molecule has 9 nitrogen and oxygen atoms in total. The largest absolute Gasteiger partial charge is 0.481 e. The van der Waals surface area contributed by atoms with Gasteiger partial charge in [0.05, 0.1) is 24.9 Å². The van der Waals surface area contributed by atoms with E-state index in [4.69, 9.17) is 14.6 Å². The zero-order valence-corrected chi connectivity index (χ0v) is 24.9. The number of carbonyl (C=O) groups excluding carboxylic acids is 1. The fraction of sp³-hybridized carbons (Fsp3) is 0.429. The predicted octanol–water partition coefficient (Wildman–Crippen LogP) is 4.72. The second-order valence-corrected chi connectivity index (χ2v) is 11.7. The van der Waals surface area contributed by atoms with Crippen molar-refractivity contribution in [3.63, 3.8) is 0 Å². The van der Waals surface area contributed by atoms with Crippen LogP contribution in [0.25, 0.3) is 11.1 Å². The number of amides is 1. The molecule has 2 aliphatic rings. The molecule has 1 amide bonds. The average molecular weight is 603 g/mol. The minimum atomic E-state index is -0.844. The van der Waals surface area contributed by atoms with Crippen LogP contribution in [0, 0.1) is 0 Å². The number of carboxylic acids is 1. The molecule has 0 bridgehead atoms. The molecular formula is C35H42N2O7. The molecule has 0 aliphatic carbocycles. The molecule has 0 spiro atoms. The van der Waals surface area contributed by atoms with Gasteiger partial charge in [0, 0.05) is 51.0 Å². The molecule has 234 valence electrons. The van der Waals surface area contributed by atoms with Crippen LogP contribution in [0.4, 0.5) is 0 Å². The molecule has 2 aliphatic heterocycles. The number of likely N-dealkylation sites (tertiary alicyclic amines) is 1. The first-order valence-corrected chi connectivity index (χ1v) is 15.5. The van der Waals surface area contributed by atoms with E-state index in [1.165, 1.54) is 0 Å². The molecule has 4 N–H and O–H groups in total. The molecule has 2 heterocycles. The van der Waals surface area contributed by atoms with E-state index in [0.29, 0.717) is 38.8 Å². The molecule has 2 saturated heterocycles. The van der Waals surface area contributed by atoms with Crippen LogP contribution in [0.5, 0.6) is 0 Å². The van der Waals surface area contributed by atoms with Crippen molar-refractivity contribution >= 4 is 11.9 Å². The van der Waals surface area contributed by atoms with Crippen molar-refractivity contribution in [2.75, 3.05) is 19.6 Å². The van der Waals surface area contributed by atoms with Crippen molar-refractivity contribution < 1.29 is 34.4 Å². The third-order valence-electron chi connectivity index (χ3n) is 8.36. The van der Waals surface area contributed by atoms with Crippen molar-refractivity contribution in [1.29, 1.82) is 0 Å². The maximum absolute atomic E-state index is 12.3. The molecule has 2 fully saturated rings. The van der Waals surface area contributed by atoms with Crippen LogP contribution in [0.2, 0.25) is 0 Å². The second kappa shape index (κ2) is 15.4. The van der Waals surface area contributed by atoms with Gasteiger partial charge in [0.15, 0.2) is 6.29 Å². The molecule has 9 heteroatoms. The number of nitrogens with one attached hydrogen (secondary N) is 1. The molecule has 5 rings (SSSR count). The van der Waals surface area contributed by atoms with Crippen molar-refractivity contribution in [1.82, 2.24) is 10.2 Å². The van der Waals surface area contributed by atoms with E-state index in [0.717, 1.165) is 52.9 Å². The third-order valence-corrected chi connectivity index (χ3v) is 8.36. The van der Waals surface area contributed by atoms with E-state index < -0.39 is 12.3 Å². The molecule has 0 unspecified atom stereocenters. The molecule has 44 heavy (non-hydrogen) atoms. The van der Waals surface area contributed by atoms with Crippen LogP contribution in [0.3, 0.4) is 0 Å². The highest BCUT2D eigenvalue weighted by Gasteiger charge is 2.34. The van der Waals surface area contributed by atoms with Crippen LogP contribution in [0.15, 0.2) is 72.8 Å². The number of carbonyl (C=O) groups is 2. The van der Waals surface area contributed by atoms with Gasteiger partial charge in [-0.2, -0.15) is 0 Å². The number of hydrogen-bond acceptors (Lipinski definition) is 7. The highest BCUT2D eigenvalue weighted by molar-refractivity contribution is 5.76. The van der Waals surface area contributed by atoms with E-state index in [9.17, 15) is 19.8 Å². The van der Waals surface area contributed by atoms with Gasteiger partial charge in [0.1, 0.15) is 0 Å². The highest BCUT2D eigenvalue weighted by Crippen LogP contribution is 2.39. The van der Waals surface area contributed by atoms with Gasteiger partial charge in [0.2, 0.25) is 5.91 Å². The number of aliphatic carboxylic acids is 1. The Morgan fingerprint density at radius 1 is 0.909 bits per heavy atom. The monoisotopic (exact) mass is 602 g/mol. The summed E-state index contributed by atoms with van der Waals surface area (Å²) < 4.78 is 13.0. The van der Waals surface area contributed by atoms with Crippen molar-refractivity contribution in [3.05, 3.63) is 95.1 Å². The fourth-order valence-corrected chi connectivity index (χ4v) is 5.92. The van der Waals surface area contributed by atoms with E-state index in [-0.39, 0.29) is 37.2 Å². The first-order chi connectivity index (χ1) is 21.4. The molecule has 0 aromatic heterocycles. The number of benzene rings is 3. The Balaban J connectivity index is 1.27. The summed E-state index contributed by atoms with van der Waals surface area (Å²) in [6.07, 6.45) is 1.77. The molecular weight excluding hydrogens is 560 g/mol. The predicted molar refractivity (Wildman–Crippen MR) is 165 cm³/mol. The Hall–Kier alpha value is -3.60. The molecule has 3 aromatic rings. The second-order valence-electron chi connectivity index (χ2n) is 11.7. The van der Waals surface area contributed by atoms with Crippen molar-refractivity contribution in [2.24, 2.45) is 0 Å². The van der Waals surface area contributed by atoms with Gasteiger partial charge in [-0.05, 0) is 47.1 Å². The Bertz CT molecular complexity index is 1380. The Labute approximate surface area is 258 Å². The van der Waals surface area contributed by atoms with Gasteiger partial charge >= 0.3 is 5.97 Å². The van der Waals surface area contributed by atoms with E-state index >= 15 is 0 Å². The summed E-state index contributed by atoms with van der Waals surface area (Å²) in [5.41, 5.74) is 5.81. The molecule has 3 aromatic carbocycles. The number of rotatable bonds is 13. The highest BCUT2D eigenvalue weighted by atomic mass is 16.7. The van der Waals surface area contributed by atoms with Crippen LogP contribution in [-0.4, -0.2) is 63.9 Å². The van der Waals surface area contributed by atoms with Crippen LogP contribution >= 0.6 is 0 Å². The maximum atomic E-state index is 12.3. The number of carboxylic acid groups (broad SMARTS) is 1. The smallest absolute Gasteiger partial charge is 0.303 e. The summed E-state index contributed by atoms with van der Waals surface area (Å²) in [5, 5.41) is 31.2. The Morgan fingerprint density at radius 3 is 2.34 bits per heavy atom. The first kappa shape index (κ1) is 31.8. The van der Waals surface area contributed by atoms with Gasteiger partial charge in [-0.25, -0.2) is 0 Å². The molecule has 4 atom stereocenters. The number of nitrogens with zero attached hydrogens (tertiary/aromatic N) is 1. The lowest BCUT2D eigenvalue weighted by atomic mass is 9.97.